The van der Waals surface area contributed by atoms with Crippen LogP contribution in [0.1, 0.15) is 12.0 Å². The molecular formula is C22H19F2N5O2. The van der Waals surface area contributed by atoms with Gasteiger partial charge in [-0.2, -0.15) is 0 Å². The summed E-state index contributed by atoms with van der Waals surface area (Å²) in [4.78, 5) is 18.1. The Morgan fingerprint density at radius 3 is 2.97 bits per heavy atom. The minimum Gasteiger partial charge on any atom is -0.497 e. The zero-order valence-corrected chi connectivity index (χ0v) is 16.5. The molecule has 0 spiro atoms. The topological polar surface area (TPSA) is 72.3 Å². The molecule has 1 fully saturated rings. The predicted octanol–water partition coefficient (Wildman–Crippen LogP) is 4.06. The number of alkyl halides is 1. The number of nitrogens with zero attached hydrogens (tertiary/aromatic N) is 4. The molecule has 2 aromatic heterocycles. The molecule has 5 rings (SSSR count). The summed E-state index contributed by atoms with van der Waals surface area (Å²) in [6, 6.07) is 5.73. The molecule has 2 aliphatic heterocycles. The number of amides is 2. The van der Waals surface area contributed by atoms with Crippen molar-refractivity contribution in [3.8, 4) is 5.69 Å². The third kappa shape index (κ3) is 3.86. The molecule has 0 saturated carbocycles. The molecule has 3 aromatic rings. The maximum atomic E-state index is 14.6. The fourth-order valence-corrected chi connectivity index (χ4v) is 3.66. The summed E-state index contributed by atoms with van der Waals surface area (Å²) in [5.41, 5.74) is 2.94. The van der Waals surface area contributed by atoms with Crippen LogP contribution in [0, 0.1) is 5.82 Å². The van der Waals surface area contributed by atoms with Gasteiger partial charge in [0.15, 0.2) is 5.65 Å². The number of aromatic nitrogens is 3. The van der Waals surface area contributed by atoms with Crippen molar-refractivity contribution in [2.75, 3.05) is 25.0 Å². The molecule has 0 aliphatic carbocycles. The Labute approximate surface area is 176 Å². The van der Waals surface area contributed by atoms with Crippen LogP contribution in [0.2, 0.25) is 0 Å². The second-order valence-electron chi connectivity index (χ2n) is 7.43. The van der Waals surface area contributed by atoms with Crippen LogP contribution in [-0.2, 0) is 4.74 Å². The van der Waals surface area contributed by atoms with Crippen molar-refractivity contribution in [1.29, 1.82) is 0 Å². The van der Waals surface area contributed by atoms with Gasteiger partial charge in [0.1, 0.15) is 24.3 Å². The minimum atomic E-state index is -1.00. The molecular weight excluding hydrogens is 404 g/mol. The smallest absolute Gasteiger partial charge is 0.321 e. The zero-order chi connectivity index (χ0) is 21.4. The molecule has 0 radical (unpaired) electrons. The van der Waals surface area contributed by atoms with Crippen LogP contribution in [0.15, 0.2) is 55.1 Å². The zero-order valence-electron chi connectivity index (χ0n) is 16.5. The van der Waals surface area contributed by atoms with E-state index in [4.69, 9.17) is 4.74 Å². The lowest BCUT2D eigenvalue weighted by Crippen LogP contribution is -2.33. The van der Waals surface area contributed by atoms with Crippen molar-refractivity contribution in [3.63, 3.8) is 0 Å². The van der Waals surface area contributed by atoms with Crippen LogP contribution in [0.5, 0.6) is 0 Å². The Morgan fingerprint density at radius 2 is 2.19 bits per heavy atom. The van der Waals surface area contributed by atoms with Crippen LogP contribution >= 0.6 is 0 Å². The molecule has 31 heavy (non-hydrogen) atoms. The Hall–Kier alpha value is -3.75. The minimum absolute atomic E-state index is 0.0657. The van der Waals surface area contributed by atoms with E-state index in [0.717, 1.165) is 16.5 Å². The van der Waals surface area contributed by atoms with Crippen molar-refractivity contribution < 1.29 is 18.3 Å². The van der Waals surface area contributed by atoms with Gasteiger partial charge in [-0.1, -0.05) is 0 Å². The van der Waals surface area contributed by atoms with Crippen LogP contribution in [0.4, 0.5) is 19.3 Å². The van der Waals surface area contributed by atoms with Crippen LogP contribution in [0.3, 0.4) is 0 Å². The van der Waals surface area contributed by atoms with Crippen molar-refractivity contribution in [3.05, 3.63) is 66.5 Å². The molecule has 1 aromatic carbocycles. The molecule has 0 unspecified atom stereocenters. The number of carbonyl (C=O) groups is 1. The number of hydrogen-bond acceptors (Lipinski definition) is 4. The standard InChI is InChI=1S/C22H19F2N5O2/c23-17-3-6-28(13-17)22(30)26-18-1-2-19(24)20(10-18)29-12-16-9-15(11-25-21(16)27-29)14-4-7-31-8-5-14/h1-2,4-5,7,9-12,17H,3,6,8,13H2,(H,26,30)/t17-/m1/s1. The third-order valence-corrected chi connectivity index (χ3v) is 5.30. The summed E-state index contributed by atoms with van der Waals surface area (Å²) < 4.78 is 34.5. The van der Waals surface area contributed by atoms with Crippen LogP contribution in [-0.4, -0.2) is 51.6 Å². The SMILES string of the molecule is O=C(Nc1ccc(F)c(-n2cc3cc(C4=CCOC=C4)cnc3n2)c1)N1CC[C@@H](F)C1. The van der Waals surface area contributed by atoms with Crippen LogP contribution < -0.4 is 5.32 Å². The molecule has 2 aliphatic rings. The van der Waals surface area contributed by atoms with Gasteiger partial charge in [-0.3, -0.25) is 0 Å². The summed E-state index contributed by atoms with van der Waals surface area (Å²) in [5.74, 6) is -0.494. The van der Waals surface area contributed by atoms with Gasteiger partial charge in [0, 0.05) is 35.6 Å². The highest BCUT2D eigenvalue weighted by atomic mass is 19.1. The summed E-state index contributed by atoms with van der Waals surface area (Å²) >= 11 is 0. The molecule has 7 nitrogen and oxygen atoms in total. The number of hydrogen-bond donors (Lipinski definition) is 1. The normalized spacial score (nSPS) is 18.2. The molecule has 4 heterocycles. The summed E-state index contributed by atoms with van der Waals surface area (Å²) in [5, 5.41) is 7.81. The monoisotopic (exact) mass is 423 g/mol. The van der Waals surface area contributed by atoms with Gasteiger partial charge in [0.05, 0.1) is 12.8 Å². The van der Waals surface area contributed by atoms with Gasteiger partial charge in [0.25, 0.3) is 0 Å². The Bertz CT molecular complexity index is 1220. The highest BCUT2D eigenvalue weighted by Gasteiger charge is 2.26. The second-order valence-corrected chi connectivity index (χ2v) is 7.43. The van der Waals surface area contributed by atoms with E-state index in [1.807, 2.05) is 18.2 Å². The lowest BCUT2D eigenvalue weighted by atomic mass is 10.1. The lowest BCUT2D eigenvalue weighted by Gasteiger charge is -2.16. The number of nitrogens with one attached hydrogen (secondary N) is 1. The summed E-state index contributed by atoms with van der Waals surface area (Å²) in [6.07, 6.45) is 8.16. The second kappa shape index (κ2) is 7.82. The van der Waals surface area contributed by atoms with E-state index >= 15 is 0 Å². The maximum Gasteiger partial charge on any atom is 0.321 e. The van der Waals surface area contributed by atoms with Crippen molar-refractivity contribution in [2.45, 2.75) is 12.6 Å². The first-order chi connectivity index (χ1) is 15.1. The number of urea groups is 1. The Kier molecular flexibility index (Phi) is 4.85. The average molecular weight is 423 g/mol. The Morgan fingerprint density at radius 1 is 1.29 bits per heavy atom. The van der Waals surface area contributed by atoms with E-state index in [-0.39, 0.29) is 12.2 Å². The first-order valence-corrected chi connectivity index (χ1v) is 9.91. The molecule has 1 N–H and O–H groups in total. The van der Waals surface area contributed by atoms with Gasteiger partial charge in [-0.25, -0.2) is 23.2 Å². The quantitative estimate of drug-likeness (QED) is 0.690. The molecule has 2 amide bonds. The van der Waals surface area contributed by atoms with E-state index in [9.17, 15) is 13.6 Å². The number of benzene rings is 1. The maximum absolute atomic E-state index is 14.6. The van der Waals surface area contributed by atoms with Gasteiger partial charge in [-0.15, -0.1) is 5.10 Å². The molecule has 9 heteroatoms. The summed E-state index contributed by atoms with van der Waals surface area (Å²) in [6.45, 7) is 0.920. The molecule has 1 saturated heterocycles. The number of likely N-dealkylation sites (tertiary alicyclic amines) is 1. The number of fused-ring (bicyclic) bond motifs is 1. The molecule has 0 bridgehead atoms. The van der Waals surface area contributed by atoms with Gasteiger partial charge in [0.2, 0.25) is 0 Å². The number of ether oxygens (including phenoxy) is 1. The Balaban J connectivity index is 1.42. The molecule has 1 atom stereocenters. The number of rotatable bonds is 3. The first kappa shape index (κ1) is 19.2. The number of allylic oxidation sites excluding steroid dienone is 2. The van der Waals surface area contributed by atoms with E-state index < -0.39 is 18.0 Å². The largest absolute Gasteiger partial charge is 0.497 e. The highest BCUT2D eigenvalue weighted by Crippen LogP contribution is 2.25. The third-order valence-electron chi connectivity index (χ3n) is 5.30. The van der Waals surface area contributed by atoms with Crippen molar-refractivity contribution in [1.82, 2.24) is 19.7 Å². The van der Waals surface area contributed by atoms with E-state index in [2.05, 4.69) is 15.4 Å². The molecule has 158 valence electrons. The van der Waals surface area contributed by atoms with E-state index in [1.54, 1.807) is 18.7 Å². The van der Waals surface area contributed by atoms with E-state index in [1.165, 1.54) is 27.8 Å². The predicted molar refractivity (Wildman–Crippen MR) is 112 cm³/mol. The lowest BCUT2D eigenvalue weighted by molar-refractivity contribution is 0.218. The van der Waals surface area contributed by atoms with Crippen molar-refractivity contribution >= 4 is 28.3 Å². The van der Waals surface area contributed by atoms with E-state index in [0.29, 0.717) is 30.9 Å². The van der Waals surface area contributed by atoms with Crippen molar-refractivity contribution in [2.24, 2.45) is 0 Å². The fourth-order valence-electron chi connectivity index (χ4n) is 3.66. The number of anilines is 1. The average Bonchev–Trinajstić information content (AvgIpc) is 3.41. The number of pyridine rings is 1. The fraction of sp³-hybridized carbons (Fsp3) is 0.227. The number of halogens is 2. The van der Waals surface area contributed by atoms with Gasteiger partial charge in [-0.05, 0) is 48.4 Å². The number of carbonyl (C=O) groups excluding carboxylic acids is 1. The highest BCUT2D eigenvalue weighted by molar-refractivity contribution is 5.90. The van der Waals surface area contributed by atoms with Gasteiger partial charge >= 0.3 is 6.03 Å². The van der Waals surface area contributed by atoms with Crippen LogP contribution in [0.25, 0.3) is 22.3 Å². The first-order valence-electron chi connectivity index (χ1n) is 9.91. The van der Waals surface area contributed by atoms with Gasteiger partial charge < -0.3 is 15.0 Å². The summed E-state index contributed by atoms with van der Waals surface area (Å²) in [7, 11) is 0.